The first-order chi connectivity index (χ1) is 15.7. The monoisotopic (exact) mass is 465 g/mol. The molecule has 1 unspecified atom stereocenters. The normalized spacial score (nSPS) is 12.5. The number of imidazole rings is 1. The van der Waals surface area contributed by atoms with Crippen molar-refractivity contribution in [2.24, 2.45) is 7.05 Å². The minimum atomic E-state index is -0.253. The maximum Gasteiger partial charge on any atom is 0.270 e. The molecular formula is C22H27N9OS. The molecule has 0 saturated carbocycles. The zero-order chi connectivity index (χ0) is 23.8. The fourth-order valence-electron chi connectivity index (χ4n) is 3.18. The van der Waals surface area contributed by atoms with Gasteiger partial charge in [0.2, 0.25) is 0 Å². The summed E-state index contributed by atoms with van der Waals surface area (Å²) in [4.78, 5) is 35.7. The number of fused-ring (bicyclic) bond motifs is 1. The van der Waals surface area contributed by atoms with Gasteiger partial charge in [-0.15, -0.1) is 0 Å². The lowest BCUT2D eigenvalue weighted by Gasteiger charge is -2.18. The smallest absolute Gasteiger partial charge is 0.270 e. The van der Waals surface area contributed by atoms with Gasteiger partial charge >= 0.3 is 0 Å². The van der Waals surface area contributed by atoms with Crippen LogP contribution in [-0.4, -0.2) is 42.4 Å². The average molecular weight is 466 g/mol. The molecule has 0 aliphatic rings. The van der Waals surface area contributed by atoms with Gasteiger partial charge < -0.3 is 20.5 Å². The summed E-state index contributed by atoms with van der Waals surface area (Å²) < 4.78 is 1.86. The van der Waals surface area contributed by atoms with E-state index in [1.165, 1.54) is 11.3 Å². The molecule has 0 aromatic carbocycles. The zero-order valence-corrected chi connectivity index (χ0v) is 20.3. The number of aromatic nitrogens is 6. The van der Waals surface area contributed by atoms with Gasteiger partial charge in [0, 0.05) is 30.6 Å². The highest BCUT2D eigenvalue weighted by Gasteiger charge is 2.20. The van der Waals surface area contributed by atoms with Crippen molar-refractivity contribution in [1.29, 1.82) is 0 Å². The minimum Gasteiger partial charge on any atom is -0.371 e. The molecule has 3 N–H and O–H groups in total. The third-order valence-electron chi connectivity index (χ3n) is 5.08. The van der Waals surface area contributed by atoms with E-state index in [0.29, 0.717) is 16.6 Å². The van der Waals surface area contributed by atoms with Gasteiger partial charge in [-0.1, -0.05) is 32.1 Å². The summed E-state index contributed by atoms with van der Waals surface area (Å²) in [6, 6.07) is 1.50. The van der Waals surface area contributed by atoms with Crippen molar-refractivity contribution in [1.82, 2.24) is 34.8 Å². The SMILES string of the molecule is CNc1nc(C(C)(C)C)ncc1Nc1ncc(C(C)NC(=O)c2cc3c(cn2)ncn3C)s1. The standard InChI is InChI=1S/C22H27N9OS/c1-12(28-19(32)13-7-16-14(8-24-13)27-11-31(16)6)17-10-26-21(33-17)29-15-9-25-20(22(2,3)4)30-18(15)23-5/h7-12H,1-6H3,(H,26,29)(H,28,32)(H,23,25,30). The molecule has 172 valence electrons. The van der Waals surface area contributed by atoms with E-state index in [2.05, 4.69) is 61.6 Å². The van der Waals surface area contributed by atoms with Crippen molar-refractivity contribution in [2.75, 3.05) is 17.7 Å². The second-order valence-corrected chi connectivity index (χ2v) is 9.82. The number of pyridine rings is 1. The van der Waals surface area contributed by atoms with E-state index in [1.54, 1.807) is 31.0 Å². The molecule has 10 nitrogen and oxygen atoms in total. The van der Waals surface area contributed by atoms with Crippen LogP contribution in [0.25, 0.3) is 11.0 Å². The van der Waals surface area contributed by atoms with Gasteiger partial charge in [-0.2, -0.15) is 0 Å². The van der Waals surface area contributed by atoms with Gasteiger partial charge in [-0.05, 0) is 13.0 Å². The molecule has 0 bridgehead atoms. The third-order valence-corrected chi connectivity index (χ3v) is 6.18. The molecule has 0 fully saturated rings. The summed E-state index contributed by atoms with van der Waals surface area (Å²) in [5.74, 6) is 1.20. The zero-order valence-electron chi connectivity index (χ0n) is 19.5. The molecule has 1 amide bonds. The third kappa shape index (κ3) is 4.77. The Morgan fingerprint density at radius 3 is 2.64 bits per heavy atom. The number of thiazole rings is 1. The number of amides is 1. The van der Waals surface area contributed by atoms with Crippen LogP contribution in [0.5, 0.6) is 0 Å². The van der Waals surface area contributed by atoms with Gasteiger partial charge in [0.15, 0.2) is 10.9 Å². The highest BCUT2D eigenvalue weighted by Crippen LogP contribution is 2.30. The van der Waals surface area contributed by atoms with Gasteiger partial charge in [0.25, 0.3) is 5.91 Å². The molecule has 0 radical (unpaired) electrons. The number of hydrogen-bond acceptors (Lipinski definition) is 9. The molecule has 33 heavy (non-hydrogen) atoms. The number of carbonyl (C=O) groups is 1. The Kier molecular flexibility index (Phi) is 5.98. The second kappa shape index (κ2) is 8.74. The fourth-order valence-corrected chi connectivity index (χ4v) is 4.01. The van der Waals surface area contributed by atoms with Gasteiger partial charge in [0.1, 0.15) is 22.7 Å². The van der Waals surface area contributed by atoms with E-state index in [9.17, 15) is 4.79 Å². The predicted octanol–water partition coefficient (Wildman–Crippen LogP) is 3.79. The second-order valence-electron chi connectivity index (χ2n) is 8.76. The highest BCUT2D eigenvalue weighted by molar-refractivity contribution is 7.15. The van der Waals surface area contributed by atoms with Crippen LogP contribution < -0.4 is 16.0 Å². The first-order valence-corrected chi connectivity index (χ1v) is 11.3. The van der Waals surface area contributed by atoms with Crippen LogP contribution in [0.1, 0.15) is 54.9 Å². The van der Waals surface area contributed by atoms with E-state index in [0.717, 1.165) is 27.4 Å². The minimum absolute atomic E-state index is 0.151. The maximum absolute atomic E-state index is 12.7. The van der Waals surface area contributed by atoms with Crippen LogP contribution in [0.15, 0.2) is 31.0 Å². The molecule has 0 spiro atoms. The molecule has 1 atom stereocenters. The van der Waals surface area contributed by atoms with Crippen molar-refractivity contribution in [3.05, 3.63) is 47.4 Å². The summed E-state index contributed by atoms with van der Waals surface area (Å²) in [6.07, 6.45) is 6.81. The lowest BCUT2D eigenvalue weighted by molar-refractivity contribution is 0.0935. The lowest BCUT2D eigenvalue weighted by atomic mass is 9.96. The topological polar surface area (TPSA) is 123 Å². The number of nitrogens with one attached hydrogen (secondary N) is 3. The van der Waals surface area contributed by atoms with Gasteiger partial charge in [0.05, 0.1) is 30.3 Å². The number of carbonyl (C=O) groups excluding carboxylic acids is 1. The van der Waals surface area contributed by atoms with Gasteiger partial charge in [-0.25, -0.2) is 24.9 Å². The molecule has 11 heteroatoms. The summed E-state index contributed by atoms with van der Waals surface area (Å²) in [5.41, 5.74) is 2.53. The number of nitrogens with zero attached hydrogens (tertiary/aromatic N) is 6. The Labute approximate surface area is 195 Å². The Morgan fingerprint density at radius 2 is 1.91 bits per heavy atom. The molecule has 4 aromatic heterocycles. The summed E-state index contributed by atoms with van der Waals surface area (Å²) >= 11 is 1.45. The number of anilines is 3. The largest absolute Gasteiger partial charge is 0.371 e. The van der Waals surface area contributed by atoms with Crippen molar-refractivity contribution < 1.29 is 4.79 Å². The predicted molar refractivity (Wildman–Crippen MR) is 130 cm³/mol. The molecular weight excluding hydrogens is 438 g/mol. The number of rotatable bonds is 6. The van der Waals surface area contributed by atoms with Crippen LogP contribution in [0, 0.1) is 0 Å². The van der Waals surface area contributed by atoms with Crippen LogP contribution in [0.4, 0.5) is 16.6 Å². The molecule has 4 heterocycles. The summed E-state index contributed by atoms with van der Waals surface area (Å²) in [5, 5.41) is 10.1. The summed E-state index contributed by atoms with van der Waals surface area (Å²) in [6.45, 7) is 8.13. The number of aryl methyl sites for hydroxylation is 1. The van der Waals surface area contributed by atoms with E-state index >= 15 is 0 Å². The van der Waals surface area contributed by atoms with Gasteiger partial charge in [-0.3, -0.25) is 4.79 Å². The van der Waals surface area contributed by atoms with Crippen LogP contribution in [0.2, 0.25) is 0 Å². The Morgan fingerprint density at radius 1 is 1.12 bits per heavy atom. The average Bonchev–Trinajstić information content (AvgIpc) is 3.40. The number of hydrogen-bond donors (Lipinski definition) is 3. The fraction of sp³-hybridized carbons (Fsp3) is 0.364. The lowest BCUT2D eigenvalue weighted by Crippen LogP contribution is -2.26. The Balaban J connectivity index is 1.46. The van der Waals surface area contributed by atoms with E-state index < -0.39 is 0 Å². The molecule has 4 aromatic rings. The quantitative estimate of drug-likeness (QED) is 0.393. The molecule has 0 aliphatic carbocycles. The highest BCUT2D eigenvalue weighted by atomic mass is 32.1. The first-order valence-electron chi connectivity index (χ1n) is 10.5. The Hall–Kier alpha value is -3.60. The first kappa shape index (κ1) is 22.6. The van der Waals surface area contributed by atoms with Crippen LogP contribution in [0.3, 0.4) is 0 Å². The Bertz CT molecular complexity index is 1300. The van der Waals surface area contributed by atoms with Crippen LogP contribution in [-0.2, 0) is 12.5 Å². The van der Waals surface area contributed by atoms with Crippen molar-refractivity contribution in [2.45, 2.75) is 39.2 Å². The summed E-state index contributed by atoms with van der Waals surface area (Å²) in [7, 11) is 3.70. The van der Waals surface area contributed by atoms with Crippen molar-refractivity contribution in [3.8, 4) is 0 Å². The maximum atomic E-state index is 12.7. The van der Waals surface area contributed by atoms with Crippen molar-refractivity contribution >= 4 is 44.9 Å². The van der Waals surface area contributed by atoms with E-state index in [4.69, 9.17) is 0 Å². The van der Waals surface area contributed by atoms with Crippen LogP contribution >= 0.6 is 11.3 Å². The molecule has 0 saturated heterocycles. The van der Waals surface area contributed by atoms with Crippen molar-refractivity contribution in [3.63, 3.8) is 0 Å². The van der Waals surface area contributed by atoms with E-state index in [-0.39, 0.29) is 17.4 Å². The molecule has 4 rings (SSSR count). The van der Waals surface area contributed by atoms with E-state index in [1.807, 2.05) is 25.6 Å². The molecule has 0 aliphatic heterocycles.